The largest absolute Gasteiger partial charge is 0.472 e. The zero-order valence-electron chi connectivity index (χ0n) is 10.7. The van der Waals surface area contributed by atoms with Crippen molar-refractivity contribution in [3.05, 3.63) is 35.7 Å². The third-order valence-corrected chi connectivity index (χ3v) is 3.26. The molecule has 0 amide bonds. The summed E-state index contributed by atoms with van der Waals surface area (Å²) < 4.78 is 5.18. The van der Waals surface area contributed by atoms with E-state index in [2.05, 4.69) is 19.2 Å². The summed E-state index contributed by atoms with van der Waals surface area (Å²) in [7, 11) is 0. The van der Waals surface area contributed by atoms with Crippen LogP contribution < -0.4 is 5.32 Å². The van der Waals surface area contributed by atoms with Crippen LogP contribution >= 0.6 is 0 Å². The molecular weight excluding hydrogens is 226 g/mol. The third kappa shape index (κ3) is 1.93. The Hall–Kier alpha value is -1.68. The molecule has 3 rings (SSSR count). The van der Waals surface area contributed by atoms with Crippen LogP contribution in [0.4, 0.5) is 0 Å². The first kappa shape index (κ1) is 11.4. The van der Waals surface area contributed by atoms with Crippen LogP contribution in [0.3, 0.4) is 0 Å². The van der Waals surface area contributed by atoms with Crippen molar-refractivity contribution in [2.75, 3.05) is 6.54 Å². The maximum absolute atomic E-state index is 5.18. The van der Waals surface area contributed by atoms with E-state index >= 15 is 0 Å². The van der Waals surface area contributed by atoms with Gasteiger partial charge >= 0.3 is 0 Å². The Morgan fingerprint density at radius 1 is 1.33 bits per heavy atom. The highest BCUT2D eigenvalue weighted by Gasteiger charge is 2.19. The molecule has 0 aliphatic carbocycles. The van der Waals surface area contributed by atoms with Crippen LogP contribution in [-0.4, -0.2) is 16.5 Å². The van der Waals surface area contributed by atoms with Crippen LogP contribution in [0.1, 0.15) is 36.8 Å². The van der Waals surface area contributed by atoms with E-state index in [4.69, 9.17) is 14.4 Å². The van der Waals surface area contributed by atoms with Crippen LogP contribution in [0.25, 0.3) is 11.3 Å². The average molecular weight is 243 g/mol. The fraction of sp³-hybridized carbons (Fsp3) is 0.429. The Morgan fingerprint density at radius 2 is 2.22 bits per heavy atom. The lowest BCUT2D eigenvalue weighted by atomic mass is 10.0. The molecule has 1 aliphatic heterocycles. The van der Waals surface area contributed by atoms with Gasteiger partial charge in [0.2, 0.25) is 0 Å². The van der Waals surface area contributed by atoms with E-state index in [1.165, 1.54) is 11.3 Å². The Kier molecular flexibility index (Phi) is 2.88. The van der Waals surface area contributed by atoms with E-state index in [1.54, 1.807) is 12.5 Å². The molecule has 0 unspecified atom stereocenters. The number of rotatable bonds is 2. The van der Waals surface area contributed by atoms with Crippen molar-refractivity contribution >= 4 is 0 Å². The standard InChI is InChI=1S/C14H17N3O/c1-9(2)14-16-12-3-5-15-7-11(12)13(17-14)10-4-6-18-8-10/h4,6,8-9,15H,3,5,7H2,1-2H3. The number of nitrogens with zero attached hydrogens (tertiary/aromatic N) is 2. The predicted molar refractivity (Wildman–Crippen MR) is 69.2 cm³/mol. The molecule has 0 aromatic carbocycles. The highest BCUT2D eigenvalue weighted by molar-refractivity contribution is 5.63. The molecular formula is C14H17N3O. The predicted octanol–water partition coefficient (Wildman–Crippen LogP) is 2.51. The highest BCUT2D eigenvalue weighted by Crippen LogP contribution is 2.27. The van der Waals surface area contributed by atoms with Crippen LogP contribution in [0.15, 0.2) is 23.0 Å². The SMILES string of the molecule is CC(C)c1nc2c(c(-c3ccoc3)n1)CNCC2. The summed E-state index contributed by atoms with van der Waals surface area (Å²) in [5.74, 6) is 1.27. The van der Waals surface area contributed by atoms with Gasteiger partial charge in [-0.15, -0.1) is 0 Å². The lowest BCUT2D eigenvalue weighted by molar-refractivity contribution is 0.567. The van der Waals surface area contributed by atoms with Gasteiger partial charge in [0.15, 0.2) is 0 Å². The Labute approximate surface area is 106 Å². The first-order valence-corrected chi connectivity index (χ1v) is 6.38. The average Bonchev–Trinajstić information content (AvgIpc) is 2.91. The van der Waals surface area contributed by atoms with Crippen molar-refractivity contribution in [3.8, 4) is 11.3 Å². The lowest BCUT2D eigenvalue weighted by Gasteiger charge is -2.20. The van der Waals surface area contributed by atoms with E-state index in [9.17, 15) is 0 Å². The maximum Gasteiger partial charge on any atom is 0.131 e. The number of nitrogens with one attached hydrogen (secondary N) is 1. The molecule has 0 spiro atoms. The van der Waals surface area contributed by atoms with E-state index in [-0.39, 0.29) is 0 Å². The minimum atomic E-state index is 0.343. The summed E-state index contributed by atoms with van der Waals surface area (Å²) in [6.45, 7) is 6.09. The molecule has 0 atom stereocenters. The number of hydrogen-bond donors (Lipinski definition) is 1. The van der Waals surface area contributed by atoms with Crippen molar-refractivity contribution in [2.24, 2.45) is 0 Å². The Morgan fingerprint density at radius 3 is 2.94 bits per heavy atom. The Balaban J connectivity index is 2.18. The van der Waals surface area contributed by atoms with Crippen LogP contribution in [0.5, 0.6) is 0 Å². The highest BCUT2D eigenvalue weighted by atomic mass is 16.3. The minimum Gasteiger partial charge on any atom is -0.472 e. The summed E-state index contributed by atoms with van der Waals surface area (Å²) in [4.78, 5) is 9.42. The molecule has 1 aliphatic rings. The molecule has 4 heteroatoms. The second-order valence-corrected chi connectivity index (χ2v) is 4.95. The van der Waals surface area contributed by atoms with E-state index in [1.807, 2.05) is 6.07 Å². The lowest BCUT2D eigenvalue weighted by Crippen LogP contribution is -2.26. The topological polar surface area (TPSA) is 51.0 Å². The molecule has 2 aromatic rings. The zero-order chi connectivity index (χ0) is 12.5. The molecule has 0 radical (unpaired) electrons. The van der Waals surface area contributed by atoms with Gasteiger partial charge in [0.05, 0.1) is 23.9 Å². The maximum atomic E-state index is 5.18. The molecule has 4 nitrogen and oxygen atoms in total. The van der Waals surface area contributed by atoms with Gasteiger partial charge in [-0.3, -0.25) is 0 Å². The first-order valence-electron chi connectivity index (χ1n) is 6.38. The van der Waals surface area contributed by atoms with Crippen molar-refractivity contribution < 1.29 is 4.42 Å². The van der Waals surface area contributed by atoms with Crippen LogP contribution in [-0.2, 0) is 13.0 Å². The summed E-state index contributed by atoms with van der Waals surface area (Å²) in [6, 6.07) is 1.96. The van der Waals surface area contributed by atoms with Gasteiger partial charge in [0, 0.05) is 36.6 Å². The van der Waals surface area contributed by atoms with Crippen molar-refractivity contribution in [2.45, 2.75) is 32.7 Å². The summed E-state index contributed by atoms with van der Waals surface area (Å²) >= 11 is 0. The van der Waals surface area contributed by atoms with Gasteiger partial charge < -0.3 is 9.73 Å². The van der Waals surface area contributed by atoms with Gasteiger partial charge in [0.1, 0.15) is 5.82 Å². The van der Waals surface area contributed by atoms with Gasteiger partial charge in [0.25, 0.3) is 0 Å². The van der Waals surface area contributed by atoms with Gasteiger partial charge in [-0.25, -0.2) is 9.97 Å². The molecule has 0 fully saturated rings. The van der Waals surface area contributed by atoms with Crippen LogP contribution in [0.2, 0.25) is 0 Å². The second kappa shape index (κ2) is 4.53. The quantitative estimate of drug-likeness (QED) is 0.880. The molecule has 94 valence electrons. The summed E-state index contributed by atoms with van der Waals surface area (Å²) in [6.07, 6.45) is 4.42. The Bertz CT molecular complexity index is 546. The molecule has 1 N–H and O–H groups in total. The van der Waals surface area contributed by atoms with Gasteiger partial charge in [-0.2, -0.15) is 0 Å². The minimum absolute atomic E-state index is 0.343. The second-order valence-electron chi connectivity index (χ2n) is 4.95. The molecule has 0 saturated heterocycles. The first-order chi connectivity index (χ1) is 8.75. The monoisotopic (exact) mass is 243 g/mol. The number of furan rings is 1. The molecule has 3 heterocycles. The smallest absolute Gasteiger partial charge is 0.131 e. The molecule has 0 saturated carbocycles. The van der Waals surface area contributed by atoms with Crippen LogP contribution in [0, 0.1) is 0 Å². The fourth-order valence-corrected chi connectivity index (χ4v) is 2.26. The van der Waals surface area contributed by atoms with Gasteiger partial charge in [-0.1, -0.05) is 13.8 Å². The number of hydrogen-bond acceptors (Lipinski definition) is 4. The van der Waals surface area contributed by atoms with E-state index < -0.39 is 0 Å². The number of aromatic nitrogens is 2. The summed E-state index contributed by atoms with van der Waals surface area (Å²) in [5, 5.41) is 3.38. The van der Waals surface area contributed by atoms with E-state index in [0.717, 1.165) is 36.6 Å². The summed E-state index contributed by atoms with van der Waals surface area (Å²) in [5.41, 5.74) is 4.46. The third-order valence-electron chi connectivity index (χ3n) is 3.26. The van der Waals surface area contributed by atoms with Crippen molar-refractivity contribution in [1.82, 2.24) is 15.3 Å². The van der Waals surface area contributed by atoms with Gasteiger partial charge in [-0.05, 0) is 6.07 Å². The fourth-order valence-electron chi connectivity index (χ4n) is 2.26. The number of fused-ring (bicyclic) bond motifs is 1. The molecule has 0 bridgehead atoms. The van der Waals surface area contributed by atoms with E-state index in [0.29, 0.717) is 5.92 Å². The normalized spacial score (nSPS) is 14.8. The van der Waals surface area contributed by atoms with Crippen molar-refractivity contribution in [3.63, 3.8) is 0 Å². The van der Waals surface area contributed by atoms with Crippen molar-refractivity contribution in [1.29, 1.82) is 0 Å². The molecule has 2 aromatic heterocycles. The molecule has 18 heavy (non-hydrogen) atoms. The zero-order valence-corrected chi connectivity index (χ0v) is 10.7.